The van der Waals surface area contributed by atoms with Crippen molar-refractivity contribution in [2.75, 3.05) is 6.54 Å². The van der Waals surface area contributed by atoms with Crippen LogP contribution in [-0.4, -0.2) is 40.5 Å². The number of aliphatic imine (C=N–C) groups is 1. The largest absolute Gasteiger partial charge is 0.416 e. The summed E-state index contributed by atoms with van der Waals surface area (Å²) in [4.78, 5) is 34.1. The first kappa shape index (κ1) is 35.2. The van der Waals surface area contributed by atoms with Gasteiger partial charge in [0.1, 0.15) is 17.2 Å². The van der Waals surface area contributed by atoms with Crippen LogP contribution in [0.25, 0.3) is 0 Å². The van der Waals surface area contributed by atoms with Crippen molar-refractivity contribution < 1.29 is 22.8 Å². The van der Waals surface area contributed by atoms with Gasteiger partial charge in [-0.3, -0.25) is 20.0 Å². The molecule has 1 spiro atoms. The zero-order valence-corrected chi connectivity index (χ0v) is 27.9. The molecule has 0 bridgehead atoms. The van der Waals surface area contributed by atoms with Crippen LogP contribution in [0.2, 0.25) is 0 Å². The van der Waals surface area contributed by atoms with Gasteiger partial charge in [0.25, 0.3) is 11.8 Å². The van der Waals surface area contributed by atoms with E-state index in [1.807, 2.05) is 17.0 Å². The summed E-state index contributed by atoms with van der Waals surface area (Å²) in [6.07, 6.45) is 0.806. The molecule has 4 rings (SSSR count). The number of nitrogens with two attached hydrogens (primary N) is 1. The third-order valence-corrected chi connectivity index (χ3v) is 9.93. The predicted octanol–water partition coefficient (Wildman–Crippen LogP) is 7.89. The number of benzene rings is 2. The first-order chi connectivity index (χ1) is 21.4. The number of carbonyl (C=O) groups is 2. The summed E-state index contributed by atoms with van der Waals surface area (Å²) >= 11 is 0. The standard InChI is InChI=1S/C36H48F3N5O2/c1-7-34(5,6)26-15-19-35(20-16-26)43-30(25-9-8-10-27(21-25)36(37,38)39)32(46)44(35)28(17-18-33(2,3)4)23-11-13-24(14-12-23)31(45)42-22-29(40)41/h8-14,21,26,28H,7,15-20,22H2,1-6H3,(H3,40,41)(H,42,45). The Morgan fingerprint density at radius 3 is 2.26 bits per heavy atom. The number of amidine groups is 1. The molecule has 7 nitrogen and oxygen atoms in total. The van der Waals surface area contributed by atoms with E-state index in [9.17, 15) is 22.8 Å². The maximum Gasteiger partial charge on any atom is 0.416 e. The van der Waals surface area contributed by atoms with Gasteiger partial charge in [0.15, 0.2) is 0 Å². The summed E-state index contributed by atoms with van der Waals surface area (Å²) in [5.74, 6) is -0.448. The van der Waals surface area contributed by atoms with Crippen molar-refractivity contribution in [3.63, 3.8) is 0 Å². The van der Waals surface area contributed by atoms with E-state index in [4.69, 9.17) is 16.1 Å². The van der Waals surface area contributed by atoms with Crippen LogP contribution >= 0.6 is 0 Å². The summed E-state index contributed by atoms with van der Waals surface area (Å²) in [5, 5.41) is 9.99. The molecule has 0 aromatic heterocycles. The van der Waals surface area contributed by atoms with E-state index in [0.717, 1.165) is 43.4 Å². The van der Waals surface area contributed by atoms with E-state index in [1.165, 1.54) is 12.1 Å². The van der Waals surface area contributed by atoms with E-state index in [0.29, 0.717) is 30.7 Å². The maximum absolute atomic E-state index is 14.6. The minimum absolute atomic E-state index is 0.0474. The van der Waals surface area contributed by atoms with Crippen LogP contribution in [0.15, 0.2) is 53.5 Å². The smallest absolute Gasteiger partial charge is 0.386 e. The Balaban J connectivity index is 1.79. The maximum atomic E-state index is 14.6. The molecule has 1 fully saturated rings. The second kappa shape index (κ2) is 13.2. The Morgan fingerprint density at radius 2 is 1.72 bits per heavy atom. The summed E-state index contributed by atoms with van der Waals surface area (Å²) < 4.78 is 41.2. The fraction of sp³-hybridized carbons (Fsp3) is 0.556. The lowest BCUT2D eigenvalue weighted by atomic mass is 9.67. The minimum Gasteiger partial charge on any atom is -0.386 e. The van der Waals surface area contributed by atoms with Gasteiger partial charge in [0.05, 0.1) is 18.2 Å². The third kappa shape index (κ3) is 7.81. The average molecular weight is 640 g/mol. The van der Waals surface area contributed by atoms with E-state index in [2.05, 4.69) is 46.9 Å². The van der Waals surface area contributed by atoms with Crippen molar-refractivity contribution in [2.45, 2.75) is 104 Å². The molecule has 10 heteroatoms. The number of hydrogen-bond donors (Lipinski definition) is 3. The zero-order chi connectivity index (χ0) is 34.1. The van der Waals surface area contributed by atoms with Gasteiger partial charge in [0, 0.05) is 11.1 Å². The second-order valence-corrected chi connectivity index (χ2v) is 14.8. The molecule has 2 aromatic carbocycles. The van der Waals surface area contributed by atoms with Crippen LogP contribution < -0.4 is 11.1 Å². The highest BCUT2D eigenvalue weighted by molar-refractivity contribution is 6.46. The molecule has 1 saturated carbocycles. The highest BCUT2D eigenvalue weighted by Gasteiger charge is 2.53. The molecule has 2 aromatic rings. The minimum atomic E-state index is -4.55. The fourth-order valence-corrected chi connectivity index (χ4v) is 6.73. The Morgan fingerprint density at radius 1 is 1.09 bits per heavy atom. The molecule has 1 unspecified atom stereocenters. The number of halogens is 3. The van der Waals surface area contributed by atoms with Crippen molar-refractivity contribution in [3.8, 4) is 0 Å². The van der Waals surface area contributed by atoms with Crippen LogP contribution in [0.3, 0.4) is 0 Å². The molecule has 1 aliphatic heterocycles. The highest BCUT2D eigenvalue weighted by atomic mass is 19.4. The van der Waals surface area contributed by atoms with Gasteiger partial charge in [-0.25, -0.2) is 0 Å². The van der Waals surface area contributed by atoms with Crippen molar-refractivity contribution in [1.82, 2.24) is 10.2 Å². The number of rotatable bonds is 10. The Labute approximate surface area is 270 Å². The third-order valence-electron chi connectivity index (χ3n) is 9.93. The molecular formula is C36H48F3N5O2. The van der Waals surface area contributed by atoms with Gasteiger partial charge in [0.2, 0.25) is 0 Å². The summed E-state index contributed by atoms with van der Waals surface area (Å²) in [7, 11) is 0. The molecular weight excluding hydrogens is 591 g/mol. The summed E-state index contributed by atoms with van der Waals surface area (Å²) in [6.45, 7) is 13.1. The van der Waals surface area contributed by atoms with Crippen LogP contribution in [0.1, 0.15) is 120 Å². The molecule has 46 heavy (non-hydrogen) atoms. The van der Waals surface area contributed by atoms with Crippen LogP contribution in [0.5, 0.6) is 0 Å². The topological polar surface area (TPSA) is 112 Å². The SMILES string of the molecule is CCC(C)(C)C1CCC2(CC1)N=C(c1cccc(C(F)(F)F)c1)C(=O)N2C(CCC(C)(C)C)c1ccc(C(=O)NCC(=N)N)cc1. The second-order valence-electron chi connectivity index (χ2n) is 14.8. The number of nitrogens with one attached hydrogen (secondary N) is 2. The van der Waals surface area contributed by atoms with E-state index >= 15 is 0 Å². The molecule has 1 heterocycles. The lowest BCUT2D eigenvalue weighted by molar-refractivity contribution is -0.138. The highest BCUT2D eigenvalue weighted by Crippen LogP contribution is 2.51. The predicted molar refractivity (Wildman–Crippen MR) is 176 cm³/mol. The number of hydrogen-bond acceptors (Lipinski definition) is 4. The van der Waals surface area contributed by atoms with E-state index in [1.54, 1.807) is 12.1 Å². The molecule has 0 radical (unpaired) electrons. The molecule has 1 atom stereocenters. The van der Waals surface area contributed by atoms with Gasteiger partial charge in [-0.1, -0.05) is 72.2 Å². The molecule has 1 aliphatic carbocycles. The Bertz CT molecular complexity index is 1470. The van der Waals surface area contributed by atoms with Gasteiger partial charge in [-0.05, 0) is 85.1 Å². The lowest BCUT2D eigenvalue weighted by Gasteiger charge is -2.48. The van der Waals surface area contributed by atoms with Gasteiger partial charge >= 0.3 is 6.18 Å². The van der Waals surface area contributed by atoms with Gasteiger partial charge in [-0.2, -0.15) is 13.2 Å². The normalized spacial score (nSPS) is 21.3. The molecule has 2 amide bonds. The number of amides is 2. The van der Waals surface area contributed by atoms with E-state index < -0.39 is 23.4 Å². The Hall–Kier alpha value is -3.69. The number of carbonyl (C=O) groups excluding carboxylic acids is 2. The summed E-state index contributed by atoms with van der Waals surface area (Å²) in [5.41, 5.74) is 5.22. The lowest BCUT2D eigenvalue weighted by Crippen LogP contribution is -2.51. The average Bonchev–Trinajstić information content (AvgIpc) is 3.26. The van der Waals surface area contributed by atoms with Crippen molar-refractivity contribution in [3.05, 3.63) is 70.8 Å². The fourth-order valence-electron chi connectivity index (χ4n) is 6.73. The van der Waals surface area contributed by atoms with Crippen LogP contribution in [0, 0.1) is 22.2 Å². The molecule has 250 valence electrons. The monoisotopic (exact) mass is 639 g/mol. The van der Waals surface area contributed by atoms with Crippen molar-refractivity contribution >= 4 is 23.4 Å². The summed E-state index contributed by atoms with van der Waals surface area (Å²) in [6, 6.07) is 11.5. The Kier molecular flexibility index (Phi) is 10.1. The zero-order valence-electron chi connectivity index (χ0n) is 27.9. The van der Waals surface area contributed by atoms with E-state index in [-0.39, 0.29) is 46.3 Å². The first-order valence-electron chi connectivity index (χ1n) is 16.2. The number of alkyl halides is 3. The quantitative estimate of drug-likeness (QED) is 0.182. The number of nitrogens with zero attached hydrogens (tertiary/aromatic N) is 2. The van der Waals surface area contributed by atoms with Crippen LogP contribution in [-0.2, 0) is 11.0 Å². The van der Waals surface area contributed by atoms with Gasteiger partial charge < -0.3 is 16.0 Å². The van der Waals surface area contributed by atoms with Crippen molar-refractivity contribution in [1.29, 1.82) is 5.41 Å². The van der Waals surface area contributed by atoms with Crippen molar-refractivity contribution in [2.24, 2.45) is 27.5 Å². The molecule has 2 aliphatic rings. The van der Waals surface area contributed by atoms with Crippen LogP contribution in [0.4, 0.5) is 13.2 Å². The van der Waals surface area contributed by atoms with Gasteiger partial charge in [-0.15, -0.1) is 0 Å². The molecule has 4 N–H and O–H groups in total. The molecule has 0 saturated heterocycles. The first-order valence-corrected chi connectivity index (χ1v) is 16.2.